The molecule has 1 N–H and O–H groups in total. The third kappa shape index (κ3) is 1.96. The Morgan fingerprint density at radius 3 is 2.67 bits per heavy atom. The van der Waals surface area contributed by atoms with Gasteiger partial charge in [-0.2, -0.15) is 0 Å². The van der Waals surface area contributed by atoms with Crippen molar-refractivity contribution in [2.75, 3.05) is 12.9 Å². The van der Waals surface area contributed by atoms with E-state index in [9.17, 15) is 4.39 Å². The van der Waals surface area contributed by atoms with Crippen LogP contribution in [0.3, 0.4) is 0 Å². The predicted molar refractivity (Wildman–Crippen MR) is 48.9 cm³/mol. The lowest BCUT2D eigenvalue weighted by molar-refractivity contribution is 0.564. The summed E-state index contributed by atoms with van der Waals surface area (Å²) >= 11 is 5.65. The third-order valence-corrected chi connectivity index (χ3v) is 2.09. The molecule has 1 nitrogen and oxygen atoms in total. The number of nitrogens with one attached hydrogen (secondary N) is 1. The first kappa shape index (κ1) is 9.49. The second kappa shape index (κ2) is 4.43. The van der Waals surface area contributed by atoms with Gasteiger partial charge in [-0.25, -0.2) is 4.39 Å². The van der Waals surface area contributed by atoms with Crippen LogP contribution >= 0.6 is 11.6 Å². The molecule has 1 aromatic carbocycles. The van der Waals surface area contributed by atoms with Crippen LogP contribution in [0.25, 0.3) is 0 Å². The molecule has 0 aliphatic rings. The minimum Gasteiger partial charge on any atom is -0.312 e. The van der Waals surface area contributed by atoms with Crippen molar-refractivity contribution in [1.29, 1.82) is 0 Å². The first-order valence-corrected chi connectivity index (χ1v) is 4.30. The lowest BCUT2D eigenvalue weighted by Gasteiger charge is -2.13. The fourth-order valence-electron chi connectivity index (χ4n) is 1.07. The minimum atomic E-state index is -0.211. The molecule has 12 heavy (non-hydrogen) atoms. The van der Waals surface area contributed by atoms with Gasteiger partial charge >= 0.3 is 0 Å². The van der Waals surface area contributed by atoms with E-state index in [2.05, 4.69) is 5.32 Å². The number of benzene rings is 1. The molecule has 1 atom stereocenters. The SMILES string of the molecule is CNC(CCl)c1ccccc1F. The zero-order valence-corrected chi connectivity index (χ0v) is 7.61. The molecule has 1 aromatic rings. The van der Waals surface area contributed by atoms with Crippen LogP contribution in [-0.4, -0.2) is 12.9 Å². The van der Waals surface area contributed by atoms with Crippen molar-refractivity contribution in [3.05, 3.63) is 35.6 Å². The summed E-state index contributed by atoms with van der Waals surface area (Å²) in [5, 5.41) is 2.94. The van der Waals surface area contributed by atoms with Gasteiger partial charge in [-0.1, -0.05) is 18.2 Å². The van der Waals surface area contributed by atoms with Crippen LogP contribution in [0.2, 0.25) is 0 Å². The molecule has 0 aromatic heterocycles. The molecule has 1 unspecified atom stereocenters. The first-order chi connectivity index (χ1) is 5.79. The van der Waals surface area contributed by atoms with Gasteiger partial charge in [0.05, 0.1) is 0 Å². The molecule has 0 spiro atoms. The van der Waals surface area contributed by atoms with Gasteiger partial charge in [0.2, 0.25) is 0 Å². The summed E-state index contributed by atoms with van der Waals surface area (Å²) in [5.41, 5.74) is 0.620. The Labute approximate surface area is 76.5 Å². The van der Waals surface area contributed by atoms with Crippen molar-refractivity contribution >= 4 is 11.6 Å². The van der Waals surface area contributed by atoms with Crippen molar-refractivity contribution in [1.82, 2.24) is 5.32 Å². The van der Waals surface area contributed by atoms with E-state index >= 15 is 0 Å². The second-order valence-electron chi connectivity index (χ2n) is 2.52. The number of hydrogen-bond donors (Lipinski definition) is 1. The van der Waals surface area contributed by atoms with Gasteiger partial charge in [-0.15, -0.1) is 11.6 Å². The molecule has 0 fully saturated rings. The molecule has 0 heterocycles. The van der Waals surface area contributed by atoms with Crippen molar-refractivity contribution in [2.24, 2.45) is 0 Å². The molecule has 0 saturated carbocycles. The van der Waals surface area contributed by atoms with E-state index in [1.165, 1.54) is 6.07 Å². The highest BCUT2D eigenvalue weighted by Gasteiger charge is 2.10. The van der Waals surface area contributed by atoms with Gasteiger partial charge in [-0.3, -0.25) is 0 Å². The number of rotatable bonds is 3. The lowest BCUT2D eigenvalue weighted by atomic mass is 10.1. The second-order valence-corrected chi connectivity index (χ2v) is 2.83. The average Bonchev–Trinajstić information content (AvgIpc) is 2.10. The maximum atomic E-state index is 13.1. The molecule has 0 aliphatic carbocycles. The van der Waals surface area contributed by atoms with E-state index < -0.39 is 0 Å². The summed E-state index contributed by atoms with van der Waals surface area (Å²) in [6.45, 7) is 0. The summed E-state index contributed by atoms with van der Waals surface area (Å²) in [7, 11) is 1.76. The Balaban J connectivity index is 2.92. The molecule has 1 rings (SSSR count). The van der Waals surface area contributed by atoms with Crippen LogP contribution < -0.4 is 5.32 Å². The molecule has 0 bridgehead atoms. The van der Waals surface area contributed by atoms with Crippen LogP contribution in [0.5, 0.6) is 0 Å². The van der Waals surface area contributed by atoms with E-state index in [1.807, 2.05) is 0 Å². The summed E-state index contributed by atoms with van der Waals surface area (Å²) in [4.78, 5) is 0. The number of alkyl halides is 1. The summed E-state index contributed by atoms with van der Waals surface area (Å²) < 4.78 is 13.1. The fraction of sp³-hybridized carbons (Fsp3) is 0.333. The van der Waals surface area contributed by atoms with E-state index in [4.69, 9.17) is 11.6 Å². The van der Waals surface area contributed by atoms with Crippen molar-refractivity contribution in [3.8, 4) is 0 Å². The maximum Gasteiger partial charge on any atom is 0.128 e. The van der Waals surface area contributed by atoms with Gasteiger partial charge in [-0.05, 0) is 13.1 Å². The Morgan fingerprint density at radius 1 is 1.50 bits per heavy atom. The topological polar surface area (TPSA) is 12.0 Å². The summed E-state index contributed by atoms with van der Waals surface area (Å²) in [5.74, 6) is 0.162. The number of halogens is 2. The zero-order chi connectivity index (χ0) is 8.97. The number of hydrogen-bond acceptors (Lipinski definition) is 1. The minimum absolute atomic E-state index is 0.104. The molecule has 0 saturated heterocycles. The van der Waals surface area contributed by atoms with Gasteiger partial charge in [0.1, 0.15) is 5.82 Å². The Hall–Kier alpha value is -0.600. The highest BCUT2D eigenvalue weighted by molar-refractivity contribution is 6.18. The molecule has 66 valence electrons. The van der Waals surface area contributed by atoms with Gasteiger partial charge < -0.3 is 5.32 Å². The fourth-order valence-corrected chi connectivity index (χ4v) is 1.39. The average molecular weight is 188 g/mol. The molecular formula is C9H11ClFN. The molecule has 0 aliphatic heterocycles. The van der Waals surface area contributed by atoms with Gasteiger partial charge in [0.15, 0.2) is 0 Å². The highest BCUT2D eigenvalue weighted by Crippen LogP contribution is 2.17. The Morgan fingerprint density at radius 2 is 2.17 bits per heavy atom. The largest absolute Gasteiger partial charge is 0.312 e. The Kier molecular flexibility index (Phi) is 3.50. The quantitative estimate of drug-likeness (QED) is 0.717. The van der Waals surface area contributed by atoms with E-state index in [0.29, 0.717) is 11.4 Å². The van der Waals surface area contributed by atoms with E-state index in [-0.39, 0.29) is 11.9 Å². The molecule has 3 heteroatoms. The van der Waals surface area contributed by atoms with E-state index in [0.717, 1.165) is 0 Å². The van der Waals surface area contributed by atoms with Crippen molar-refractivity contribution in [3.63, 3.8) is 0 Å². The normalized spacial score (nSPS) is 12.9. The zero-order valence-electron chi connectivity index (χ0n) is 6.85. The van der Waals surface area contributed by atoms with Crippen molar-refractivity contribution in [2.45, 2.75) is 6.04 Å². The van der Waals surface area contributed by atoms with E-state index in [1.54, 1.807) is 25.2 Å². The van der Waals surface area contributed by atoms with Crippen LogP contribution in [0.1, 0.15) is 11.6 Å². The van der Waals surface area contributed by atoms with Crippen LogP contribution in [0.4, 0.5) is 4.39 Å². The molecular weight excluding hydrogens is 177 g/mol. The monoisotopic (exact) mass is 187 g/mol. The smallest absolute Gasteiger partial charge is 0.128 e. The molecule has 0 amide bonds. The van der Waals surface area contributed by atoms with Crippen LogP contribution in [0, 0.1) is 5.82 Å². The first-order valence-electron chi connectivity index (χ1n) is 3.77. The standard InChI is InChI=1S/C9H11ClFN/c1-12-9(6-10)7-4-2-3-5-8(7)11/h2-5,9,12H,6H2,1H3. The third-order valence-electron chi connectivity index (χ3n) is 1.78. The maximum absolute atomic E-state index is 13.1. The Bertz CT molecular complexity index is 248. The predicted octanol–water partition coefficient (Wildman–Crippen LogP) is 2.33. The van der Waals surface area contributed by atoms with Crippen molar-refractivity contribution < 1.29 is 4.39 Å². The summed E-state index contributed by atoms with van der Waals surface area (Å²) in [6.07, 6.45) is 0. The highest BCUT2D eigenvalue weighted by atomic mass is 35.5. The summed E-state index contributed by atoms with van der Waals surface area (Å²) in [6, 6.07) is 6.54. The van der Waals surface area contributed by atoms with Gasteiger partial charge in [0, 0.05) is 17.5 Å². The van der Waals surface area contributed by atoms with Crippen LogP contribution in [0.15, 0.2) is 24.3 Å². The van der Waals surface area contributed by atoms with Gasteiger partial charge in [0.25, 0.3) is 0 Å². The molecule has 0 radical (unpaired) electrons. The lowest BCUT2D eigenvalue weighted by Crippen LogP contribution is -2.18. The van der Waals surface area contributed by atoms with Crippen LogP contribution in [-0.2, 0) is 0 Å².